The number of unbranched alkanes of at least 4 members (excludes halogenated alkanes) is 1. The normalized spacial score (nSPS) is 14.4. The molecule has 0 aromatic heterocycles. The van der Waals surface area contributed by atoms with Crippen LogP contribution in [-0.2, 0) is 6.42 Å². The third kappa shape index (κ3) is 5.50. The third-order valence-corrected chi connectivity index (χ3v) is 3.93. The molecule has 1 aromatic rings. The lowest BCUT2D eigenvalue weighted by molar-refractivity contribution is 0.136. The molecular weight excluding hydrogens is 263 g/mol. The predicted octanol–water partition coefficient (Wildman–Crippen LogP) is 4.99. The summed E-state index contributed by atoms with van der Waals surface area (Å²) in [6.07, 6.45) is 5.16. The van der Waals surface area contributed by atoms with Gasteiger partial charge < -0.3 is 5.11 Å². The van der Waals surface area contributed by atoms with Crippen molar-refractivity contribution in [1.29, 1.82) is 0 Å². The van der Waals surface area contributed by atoms with Crippen molar-refractivity contribution >= 4 is 11.6 Å². The van der Waals surface area contributed by atoms with Crippen LogP contribution < -0.4 is 0 Å². The Morgan fingerprint density at radius 1 is 1.32 bits per heavy atom. The van der Waals surface area contributed by atoms with Crippen molar-refractivity contribution in [2.75, 3.05) is 0 Å². The van der Waals surface area contributed by atoms with Gasteiger partial charge in [0, 0.05) is 6.42 Å². The minimum atomic E-state index is -0.491. The van der Waals surface area contributed by atoms with Crippen LogP contribution in [0.5, 0.6) is 0 Å². The maximum atomic E-state index is 13.7. The quantitative estimate of drug-likeness (QED) is 0.714. The van der Waals surface area contributed by atoms with Crippen LogP contribution >= 0.6 is 11.6 Å². The first kappa shape index (κ1) is 16.5. The average molecular weight is 287 g/mol. The van der Waals surface area contributed by atoms with Crippen molar-refractivity contribution in [3.8, 4) is 0 Å². The zero-order valence-electron chi connectivity index (χ0n) is 11.8. The van der Waals surface area contributed by atoms with Crippen molar-refractivity contribution in [2.45, 2.75) is 58.5 Å². The maximum Gasteiger partial charge on any atom is 0.145 e. The van der Waals surface area contributed by atoms with E-state index in [1.165, 1.54) is 18.9 Å². The topological polar surface area (TPSA) is 20.2 Å². The summed E-state index contributed by atoms with van der Waals surface area (Å²) in [6, 6.07) is 4.95. The van der Waals surface area contributed by atoms with Crippen molar-refractivity contribution in [3.05, 3.63) is 34.6 Å². The van der Waals surface area contributed by atoms with Crippen LogP contribution in [0.3, 0.4) is 0 Å². The van der Waals surface area contributed by atoms with E-state index in [9.17, 15) is 9.50 Å². The van der Waals surface area contributed by atoms with Gasteiger partial charge in [0.25, 0.3) is 0 Å². The lowest BCUT2D eigenvalue weighted by Crippen LogP contribution is -2.17. The number of aliphatic hydroxyl groups excluding tert-OH is 1. The summed E-state index contributed by atoms with van der Waals surface area (Å²) in [6.45, 7) is 4.32. The molecule has 0 heterocycles. The molecule has 0 radical (unpaired) electrons. The minimum absolute atomic E-state index is 0.128. The monoisotopic (exact) mass is 286 g/mol. The zero-order valence-corrected chi connectivity index (χ0v) is 12.6. The molecule has 108 valence electrons. The molecule has 0 aliphatic rings. The van der Waals surface area contributed by atoms with Gasteiger partial charge in [-0.2, -0.15) is 0 Å². The summed E-state index contributed by atoms with van der Waals surface area (Å²) in [5.41, 5.74) is 0.505. The van der Waals surface area contributed by atoms with E-state index in [-0.39, 0.29) is 5.02 Å². The zero-order chi connectivity index (χ0) is 14.3. The van der Waals surface area contributed by atoms with Gasteiger partial charge >= 0.3 is 0 Å². The molecule has 0 spiro atoms. The van der Waals surface area contributed by atoms with Crippen LogP contribution in [0.15, 0.2) is 18.2 Å². The van der Waals surface area contributed by atoms with Gasteiger partial charge in [-0.1, -0.05) is 63.3 Å². The Morgan fingerprint density at radius 2 is 2.05 bits per heavy atom. The molecule has 19 heavy (non-hydrogen) atoms. The molecule has 0 aliphatic carbocycles. The standard InChI is InChI=1S/C16H24ClFO/c1-3-5-7-12(4-2)10-14(19)11-13-8-6-9-15(17)16(13)18/h6,8-9,12,14,19H,3-5,7,10-11H2,1-2H3. The minimum Gasteiger partial charge on any atom is -0.393 e. The van der Waals surface area contributed by atoms with Crippen LogP contribution in [0, 0.1) is 11.7 Å². The molecule has 2 unspecified atom stereocenters. The highest BCUT2D eigenvalue weighted by Crippen LogP contribution is 2.23. The first-order chi connectivity index (χ1) is 9.08. The van der Waals surface area contributed by atoms with Crippen LogP contribution in [0.25, 0.3) is 0 Å². The lowest BCUT2D eigenvalue weighted by atomic mass is 9.91. The molecule has 1 rings (SSSR count). The van der Waals surface area contributed by atoms with E-state index < -0.39 is 11.9 Å². The fourth-order valence-corrected chi connectivity index (χ4v) is 2.60. The van der Waals surface area contributed by atoms with Gasteiger partial charge in [-0.05, 0) is 24.0 Å². The molecule has 1 nitrogen and oxygen atoms in total. The molecule has 2 atom stereocenters. The van der Waals surface area contributed by atoms with E-state index in [1.807, 2.05) is 0 Å². The molecule has 0 fully saturated rings. The SMILES string of the molecule is CCCCC(CC)CC(O)Cc1cccc(Cl)c1F. The number of aliphatic hydroxyl groups is 1. The van der Waals surface area contributed by atoms with Gasteiger partial charge in [-0.3, -0.25) is 0 Å². The molecule has 0 aliphatic heterocycles. The predicted molar refractivity (Wildman–Crippen MR) is 79.0 cm³/mol. The largest absolute Gasteiger partial charge is 0.393 e. The fraction of sp³-hybridized carbons (Fsp3) is 0.625. The highest BCUT2D eigenvalue weighted by molar-refractivity contribution is 6.30. The Bertz CT molecular complexity index is 381. The molecule has 0 amide bonds. The van der Waals surface area contributed by atoms with Gasteiger partial charge in [0.15, 0.2) is 0 Å². The smallest absolute Gasteiger partial charge is 0.145 e. The van der Waals surface area contributed by atoms with Crippen molar-refractivity contribution in [2.24, 2.45) is 5.92 Å². The van der Waals surface area contributed by atoms with Crippen molar-refractivity contribution < 1.29 is 9.50 Å². The summed E-state index contributed by atoms with van der Waals surface area (Å²) in [5.74, 6) is 0.127. The van der Waals surface area contributed by atoms with E-state index in [2.05, 4.69) is 13.8 Å². The van der Waals surface area contributed by atoms with E-state index in [4.69, 9.17) is 11.6 Å². The Morgan fingerprint density at radius 3 is 2.68 bits per heavy atom. The summed E-state index contributed by atoms with van der Waals surface area (Å²) < 4.78 is 13.7. The second-order valence-electron chi connectivity index (χ2n) is 5.22. The molecule has 0 saturated heterocycles. The van der Waals surface area contributed by atoms with Gasteiger partial charge in [0.1, 0.15) is 5.82 Å². The second kappa shape index (κ2) is 8.55. The lowest BCUT2D eigenvalue weighted by Gasteiger charge is -2.19. The van der Waals surface area contributed by atoms with E-state index in [0.29, 0.717) is 17.9 Å². The summed E-state index contributed by atoms with van der Waals surface area (Å²) in [7, 11) is 0. The number of rotatable bonds is 8. The van der Waals surface area contributed by atoms with Crippen LogP contribution in [0.1, 0.15) is 51.5 Å². The van der Waals surface area contributed by atoms with Crippen LogP contribution in [-0.4, -0.2) is 11.2 Å². The Kier molecular flexibility index (Phi) is 7.40. The fourth-order valence-electron chi connectivity index (χ4n) is 2.41. The van der Waals surface area contributed by atoms with Crippen LogP contribution in [0.4, 0.5) is 4.39 Å². The first-order valence-electron chi connectivity index (χ1n) is 7.19. The first-order valence-corrected chi connectivity index (χ1v) is 7.57. The summed E-state index contributed by atoms with van der Waals surface area (Å²) in [4.78, 5) is 0. The second-order valence-corrected chi connectivity index (χ2v) is 5.63. The van der Waals surface area contributed by atoms with E-state index in [1.54, 1.807) is 12.1 Å². The number of halogens is 2. The highest BCUT2D eigenvalue weighted by atomic mass is 35.5. The Labute approximate surface area is 120 Å². The third-order valence-electron chi connectivity index (χ3n) is 3.64. The Balaban J connectivity index is 2.54. The van der Waals surface area contributed by atoms with Gasteiger partial charge in [0.05, 0.1) is 11.1 Å². The van der Waals surface area contributed by atoms with Gasteiger partial charge in [0.2, 0.25) is 0 Å². The molecular formula is C16H24ClFO. The molecule has 0 bridgehead atoms. The number of benzene rings is 1. The van der Waals surface area contributed by atoms with Crippen LogP contribution in [0.2, 0.25) is 5.02 Å². The Hall–Kier alpha value is -0.600. The van der Waals surface area contributed by atoms with Gasteiger partial charge in [-0.25, -0.2) is 4.39 Å². The average Bonchev–Trinajstić information content (AvgIpc) is 2.40. The summed E-state index contributed by atoms with van der Waals surface area (Å²) in [5, 5.41) is 10.2. The van der Waals surface area contributed by atoms with E-state index >= 15 is 0 Å². The van der Waals surface area contributed by atoms with Crippen molar-refractivity contribution in [1.82, 2.24) is 0 Å². The molecule has 1 aromatic carbocycles. The summed E-state index contributed by atoms with van der Waals surface area (Å²) >= 11 is 5.74. The highest BCUT2D eigenvalue weighted by Gasteiger charge is 2.16. The number of hydrogen-bond acceptors (Lipinski definition) is 1. The molecule has 0 saturated carbocycles. The van der Waals surface area contributed by atoms with E-state index in [0.717, 1.165) is 19.3 Å². The van der Waals surface area contributed by atoms with Gasteiger partial charge in [-0.15, -0.1) is 0 Å². The molecule has 1 N–H and O–H groups in total. The number of hydrogen-bond donors (Lipinski definition) is 1. The molecule has 3 heteroatoms. The maximum absolute atomic E-state index is 13.7. The van der Waals surface area contributed by atoms with Crippen molar-refractivity contribution in [3.63, 3.8) is 0 Å².